The molecule has 0 bridgehead atoms. The van der Waals surface area contributed by atoms with Crippen molar-refractivity contribution in [3.63, 3.8) is 0 Å². The van der Waals surface area contributed by atoms with Crippen molar-refractivity contribution in [2.75, 3.05) is 0 Å². The fraction of sp³-hybridized carbons (Fsp3) is 0.909. The van der Waals surface area contributed by atoms with Gasteiger partial charge < -0.3 is 11.1 Å². The molecule has 3 N–H and O–H groups in total. The molecular weight excluding hydrogens is 212 g/mol. The van der Waals surface area contributed by atoms with Crippen LogP contribution in [-0.2, 0) is 0 Å². The van der Waals surface area contributed by atoms with Gasteiger partial charge in [0, 0.05) is 11.4 Å². The minimum Gasteiger partial charge on any atom is -0.352 e. The Morgan fingerprint density at radius 3 is 2.67 bits per heavy atom. The van der Waals surface area contributed by atoms with Crippen molar-refractivity contribution in [3.05, 3.63) is 0 Å². The molecule has 1 saturated carbocycles. The smallest absolute Gasteiger partial charge is 0.312 e. The van der Waals surface area contributed by atoms with Gasteiger partial charge in [0.25, 0.3) is 0 Å². The van der Waals surface area contributed by atoms with Crippen LogP contribution in [0.25, 0.3) is 0 Å². The second-order valence-electron chi connectivity index (χ2n) is 4.68. The fourth-order valence-corrected chi connectivity index (χ4v) is 2.79. The number of primary amides is 1. The van der Waals surface area contributed by atoms with Crippen molar-refractivity contribution < 1.29 is 4.79 Å². The average molecular weight is 233 g/mol. The lowest BCUT2D eigenvalue weighted by atomic mass is 9.78. The molecule has 0 radical (unpaired) electrons. The molecule has 15 heavy (non-hydrogen) atoms. The third-order valence-electron chi connectivity index (χ3n) is 3.55. The van der Waals surface area contributed by atoms with Crippen molar-refractivity contribution in [1.29, 1.82) is 0 Å². The highest BCUT2D eigenvalue weighted by atomic mass is 35.5. The Kier molecular flexibility index (Phi) is 4.71. The van der Waals surface area contributed by atoms with E-state index in [0.717, 1.165) is 12.8 Å². The van der Waals surface area contributed by atoms with Gasteiger partial charge in [-0.25, -0.2) is 4.79 Å². The van der Waals surface area contributed by atoms with Gasteiger partial charge in [0.2, 0.25) is 0 Å². The van der Waals surface area contributed by atoms with Crippen LogP contribution in [-0.4, -0.2) is 17.5 Å². The van der Waals surface area contributed by atoms with Crippen LogP contribution in [0.3, 0.4) is 0 Å². The van der Waals surface area contributed by atoms with Gasteiger partial charge >= 0.3 is 6.03 Å². The molecule has 1 aliphatic carbocycles. The first-order valence-electron chi connectivity index (χ1n) is 5.70. The number of rotatable bonds is 3. The molecule has 1 rings (SSSR count). The molecule has 3 unspecified atom stereocenters. The highest BCUT2D eigenvalue weighted by molar-refractivity contribution is 6.20. The maximum absolute atomic E-state index is 10.7. The van der Waals surface area contributed by atoms with Crippen molar-refractivity contribution in [3.8, 4) is 0 Å². The number of hydrogen-bond donors (Lipinski definition) is 2. The van der Waals surface area contributed by atoms with Gasteiger partial charge in [-0.05, 0) is 31.6 Å². The Morgan fingerprint density at radius 1 is 1.47 bits per heavy atom. The minimum absolute atomic E-state index is 0.134. The highest BCUT2D eigenvalue weighted by Crippen LogP contribution is 2.34. The number of hydrogen-bond acceptors (Lipinski definition) is 1. The first-order chi connectivity index (χ1) is 7.00. The zero-order valence-corrected chi connectivity index (χ0v) is 10.3. The number of alkyl halides is 1. The molecule has 2 amide bonds. The molecule has 88 valence electrons. The van der Waals surface area contributed by atoms with Gasteiger partial charge in [-0.3, -0.25) is 0 Å². The maximum Gasteiger partial charge on any atom is 0.312 e. The summed E-state index contributed by atoms with van der Waals surface area (Å²) in [5.74, 6) is 1.06. The lowest BCUT2D eigenvalue weighted by Crippen LogP contribution is -2.43. The van der Waals surface area contributed by atoms with E-state index in [1.165, 1.54) is 12.8 Å². The Bertz CT molecular complexity index is 223. The summed E-state index contributed by atoms with van der Waals surface area (Å²) in [6, 6.07) is -0.304. The van der Waals surface area contributed by atoms with Gasteiger partial charge in [0.1, 0.15) is 0 Å². The molecule has 0 saturated heterocycles. The Balaban J connectivity index is 2.43. The summed E-state index contributed by atoms with van der Waals surface area (Å²) in [4.78, 5) is 10.7. The summed E-state index contributed by atoms with van der Waals surface area (Å²) in [5, 5.41) is 3.06. The third kappa shape index (κ3) is 3.90. The van der Waals surface area contributed by atoms with Crippen LogP contribution in [0.5, 0.6) is 0 Å². The average Bonchev–Trinajstić information content (AvgIpc) is 2.15. The number of nitrogens with one attached hydrogen (secondary N) is 1. The molecule has 0 aromatic rings. The fourth-order valence-electron chi connectivity index (χ4n) is 2.41. The molecule has 3 nitrogen and oxygen atoms in total. The first-order valence-corrected chi connectivity index (χ1v) is 6.14. The van der Waals surface area contributed by atoms with E-state index in [2.05, 4.69) is 12.2 Å². The number of amides is 2. The second-order valence-corrected chi connectivity index (χ2v) is 5.30. The van der Waals surface area contributed by atoms with Gasteiger partial charge in [0.05, 0.1) is 0 Å². The van der Waals surface area contributed by atoms with Crippen LogP contribution in [0.1, 0.15) is 39.5 Å². The van der Waals surface area contributed by atoms with Gasteiger partial charge in [0.15, 0.2) is 0 Å². The summed E-state index contributed by atoms with van der Waals surface area (Å²) in [6.45, 7) is 4.17. The van der Waals surface area contributed by atoms with E-state index in [9.17, 15) is 4.79 Å². The van der Waals surface area contributed by atoms with Crippen LogP contribution >= 0.6 is 11.6 Å². The summed E-state index contributed by atoms with van der Waals surface area (Å²) < 4.78 is 0. The Hall–Kier alpha value is -0.440. The molecule has 0 heterocycles. The zero-order chi connectivity index (χ0) is 11.4. The van der Waals surface area contributed by atoms with Gasteiger partial charge in [-0.2, -0.15) is 0 Å². The summed E-state index contributed by atoms with van der Waals surface area (Å²) in [5.41, 5.74) is 5.11. The number of halogens is 1. The monoisotopic (exact) mass is 232 g/mol. The van der Waals surface area contributed by atoms with E-state index < -0.39 is 6.03 Å². The maximum atomic E-state index is 10.7. The zero-order valence-electron chi connectivity index (χ0n) is 9.50. The molecular formula is C11H21ClN2O. The van der Waals surface area contributed by atoms with Gasteiger partial charge in [-0.1, -0.05) is 19.8 Å². The van der Waals surface area contributed by atoms with Crippen molar-refractivity contribution in [2.24, 2.45) is 17.6 Å². The number of urea groups is 1. The van der Waals surface area contributed by atoms with Crippen molar-refractivity contribution >= 4 is 17.6 Å². The third-order valence-corrected chi connectivity index (χ3v) is 3.95. The van der Waals surface area contributed by atoms with Crippen molar-refractivity contribution in [1.82, 2.24) is 5.32 Å². The Labute approximate surface area is 96.7 Å². The van der Waals surface area contributed by atoms with Crippen LogP contribution in [0, 0.1) is 11.8 Å². The summed E-state index contributed by atoms with van der Waals surface area (Å²) >= 11 is 6.15. The first kappa shape index (κ1) is 12.6. The van der Waals surface area contributed by atoms with E-state index in [1.54, 1.807) is 0 Å². The predicted molar refractivity (Wildman–Crippen MR) is 62.9 cm³/mol. The number of nitrogens with two attached hydrogens (primary N) is 1. The largest absolute Gasteiger partial charge is 0.352 e. The summed E-state index contributed by atoms with van der Waals surface area (Å²) in [7, 11) is 0. The molecule has 0 aromatic carbocycles. The Morgan fingerprint density at radius 2 is 2.13 bits per heavy atom. The molecule has 0 spiro atoms. The minimum atomic E-state index is -0.437. The van der Waals surface area contributed by atoms with E-state index in [1.807, 2.05) is 6.92 Å². The molecule has 4 heteroatoms. The van der Waals surface area contributed by atoms with Crippen molar-refractivity contribution in [2.45, 2.75) is 50.9 Å². The normalized spacial score (nSPS) is 30.6. The number of carbonyl (C=O) groups excluding carboxylic acids is 1. The van der Waals surface area contributed by atoms with Crippen LogP contribution in [0.15, 0.2) is 0 Å². The van der Waals surface area contributed by atoms with Crippen LogP contribution in [0.4, 0.5) is 4.79 Å². The van der Waals surface area contributed by atoms with E-state index in [0.29, 0.717) is 17.2 Å². The molecule has 4 atom stereocenters. The van der Waals surface area contributed by atoms with E-state index >= 15 is 0 Å². The lowest BCUT2D eigenvalue weighted by Gasteiger charge is -2.33. The summed E-state index contributed by atoms with van der Waals surface area (Å²) in [6.07, 6.45) is 4.61. The van der Waals surface area contributed by atoms with Crippen LogP contribution < -0.4 is 11.1 Å². The SMILES string of the molecule is CC(NC(N)=O)C(C)C1CCC[C@H](Cl)C1. The second kappa shape index (κ2) is 5.59. The molecule has 1 aliphatic rings. The molecule has 0 aliphatic heterocycles. The topological polar surface area (TPSA) is 55.1 Å². The standard InChI is InChI=1S/C11H21ClN2O/c1-7(8(2)14-11(13)15)9-4-3-5-10(12)6-9/h7-10H,3-6H2,1-2H3,(H3,13,14,15)/t7?,8?,9?,10-/m0/s1. The number of carbonyl (C=O) groups is 1. The van der Waals surface area contributed by atoms with E-state index in [-0.39, 0.29) is 6.04 Å². The van der Waals surface area contributed by atoms with E-state index in [4.69, 9.17) is 17.3 Å². The lowest BCUT2D eigenvalue weighted by molar-refractivity contribution is 0.211. The quantitative estimate of drug-likeness (QED) is 0.722. The predicted octanol–water partition coefficient (Wildman–Crippen LogP) is 2.48. The molecule has 1 fully saturated rings. The highest BCUT2D eigenvalue weighted by Gasteiger charge is 2.28. The van der Waals surface area contributed by atoms with Crippen LogP contribution in [0.2, 0.25) is 0 Å². The van der Waals surface area contributed by atoms with Gasteiger partial charge in [-0.15, -0.1) is 11.6 Å². The molecule has 0 aromatic heterocycles.